The van der Waals surface area contributed by atoms with Crippen LogP contribution < -0.4 is 10.6 Å². The Morgan fingerprint density at radius 3 is 2.30 bits per heavy atom. The molecule has 1 amide bonds. The van der Waals surface area contributed by atoms with Crippen LogP contribution in [0.1, 0.15) is 15.9 Å². The number of nitrogens with zero attached hydrogens (tertiary/aromatic N) is 2. The van der Waals surface area contributed by atoms with E-state index in [9.17, 15) is 18.0 Å². The minimum Gasteiger partial charge on any atom is -0.348 e. The van der Waals surface area contributed by atoms with Gasteiger partial charge in [0.05, 0.1) is 11.1 Å². The molecule has 0 saturated carbocycles. The molecule has 120 valence electrons. The van der Waals surface area contributed by atoms with E-state index in [0.717, 1.165) is 12.1 Å². The summed E-state index contributed by atoms with van der Waals surface area (Å²) in [6.45, 7) is 3.81. The first-order valence-electron chi connectivity index (χ1n) is 6.55. The van der Waals surface area contributed by atoms with Crippen LogP contribution in [0.5, 0.6) is 0 Å². The van der Waals surface area contributed by atoms with Gasteiger partial charge >= 0.3 is 6.18 Å². The Kier molecular flexibility index (Phi) is 4.95. The zero-order valence-electron chi connectivity index (χ0n) is 11.9. The highest BCUT2D eigenvalue weighted by molar-refractivity contribution is 5.93. The van der Waals surface area contributed by atoms with Crippen molar-refractivity contribution in [2.75, 3.05) is 11.9 Å². The molecule has 0 unspecified atom stereocenters. The summed E-state index contributed by atoms with van der Waals surface area (Å²) in [7, 11) is 0. The Morgan fingerprint density at radius 2 is 1.78 bits per heavy atom. The molecule has 0 bridgehead atoms. The molecule has 23 heavy (non-hydrogen) atoms. The van der Waals surface area contributed by atoms with E-state index in [-0.39, 0.29) is 17.4 Å². The normalized spacial score (nSPS) is 10.9. The summed E-state index contributed by atoms with van der Waals surface area (Å²) in [6.07, 6.45) is -0.204. The highest BCUT2D eigenvalue weighted by Crippen LogP contribution is 2.30. The molecule has 1 aromatic heterocycles. The van der Waals surface area contributed by atoms with Crippen molar-refractivity contribution in [2.45, 2.75) is 6.18 Å². The van der Waals surface area contributed by atoms with Crippen LogP contribution in [0, 0.1) is 0 Å². The van der Waals surface area contributed by atoms with Gasteiger partial charge in [-0.1, -0.05) is 6.08 Å². The van der Waals surface area contributed by atoms with Gasteiger partial charge in [-0.3, -0.25) is 4.79 Å². The molecule has 5 nitrogen and oxygen atoms in total. The highest BCUT2D eigenvalue weighted by Gasteiger charge is 2.29. The second kappa shape index (κ2) is 6.91. The minimum atomic E-state index is -4.38. The first kappa shape index (κ1) is 16.5. The number of hydrogen-bond acceptors (Lipinski definition) is 4. The molecule has 8 heteroatoms. The monoisotopic (exact) mass is 322 g/mol. The molecule has 0 spiro atoms. The van der Waals surface area contributed by atoms with Gasteiger partial charge in [-0.25, -0.2) is 9.97 Å². The molecule has 0 radical (unpaired) electrons. The molecule has 0 fully saturated rings. The molecular weight excluding hydrogens is 309 g/mol. The largest absolute Gasteiger partial charge is 0.416 e. The summed E-state index contributed by atoms with van der Waals surface area (Å²) >= 11 is 0. The van der Waals surface area contributed by atoms with Gasteiger partial charge in [0.2, 0.25) is 5.95 Å². The average molecular weight is 322 g/mol. The second-order valence-electron chi connectivity index (χ2n) is 4.49. The molecule has 2 rings (SSSR count). The van der Waals surface area contributed by atoms with Gasteiger partial charge in [-0.2, -0.15) is 13.2 Å². The van der Waals surface area contributed by atoms with Crippen molar-refractivity contribution in [3.8, 4) is 0 Å². The number of carbonyl (C=O) groups excluding carboxylic acids is 1. The van der Waals surface area contributed by atoms with Crippen LogP contribution >= 0.6 is 0 Å². The van der Waals surface area contributed by atoms with Crippen molar-refractivity contribution in [2.24, 2.45) is 0 Å². The molecule has 1 heterocycles. The third kappa shape index (κ3) is 4.53. The third-order valence-electron chi connectivity index (χ3n) is 2.79. The van der Waals surface area contributed by atoms with E-state index in [2.05, 4.69) is 27.2 Å². The number of benzene rings is 1. The summed E-state index contributed by atoms with van der Waals surface area (Å²) in [6, 6.07) is 4.46. The van der Waals surface area contributed by atoms with Crippen molar-refractivity contribution in [1.29, 1.82) is 0 Å². The molecular formula is C15H13F3N4O. The number of aromatic nitrogens is 2. The minimum absolute atomic E-state index is 0.171. The van der Waals surface area contributed by atoms with Crippen LogP contribution in [0.15, 0.2) is 49.3 Å². The third-order valence-corrected chi connectivity index (χ3v) is 2.79. The van der Waals surface area contributed by atoms with Crippen molar-refractivity contribution in [1.82, 2.24) is 15.3 Å². The molecule has 0 saturated heterocycles. The van der Waals surface area contributed by atoms with E-state index in [4.69, 9.17) is 0 Å². The molecule has 2 aromatic rings. The van der Waals surface area contributed by atoms with Gasteiger partial charge in [0.1, 0.15) is 0 Å². The number of carbonyl (C=O) groups is 1. The maximum atomic E-state index is 12.5. The van der Waals surface area contributed by atoms with Crippen molar-refractivity contribution in [3.05, 3.63) is 60.4 Å². The van der Waals surface area contributed by atoms with Crippen LogP contribution in [-0.2, 0) is 6.18 Å². The molecule has 0 aliphatic rings. The topological polar surface area (TPSA) is 66.9 Å². The number of halogens is 3. The Hall–Kier alpha value is -2.90. The van der Waals surface area contributed by atoms with Crippen molar-refractivity contribution < 1.29 is 18.0 Å². The van der Waals surface area contributed by atoms with E-state index in [1.807, 2.05) is 0 Å². The molecule has 2 N–H and O–H groups in total. The zero-order valence-corrected chi connectivity index (χ0v) is 11.9. The van der Waals surface area contributed by atoms with E-state index in [0.29, 0.717) is 12.2 Å². The van der Waals surface area contributed by atoms with Crippen LogP contribution in [0.25, 0.3) is 0 Å². The van der Waals surface area contributed by atoms with Crippen LogP contribution in [0.3, 0.4) is 0 Å². The maximum absolute atomic E-state index is 12.5. The van der Waals surface area contributed by atoms with Crippen molar-refractivity contribution in [3.63, 3.8) is 0 Å². The molecule has 1 aromatic carbocycles. The van der Waals surface area contributed by atoms with Gasteiger partial charge in [0.25, 0.3) is 5.91 Å². The van der Waals surface area contributed by atoms with Crippen LogP contribution in [-0.4, -0.2) is 22.4 Å². The summed E-state index contributed by atoms with van der Waals surface area (Å²) in [5.41, 5.74) is -0.0649. The predicted octanol–water partition coefficient (Wildman–Crippen LogP) is 3.15. The van der Waals surface area contributed by atoms with Gasteiger partial charge in [-0.05, 0) is 24.3 Å². The number of amides is 1. The zero-order chi connectivity index (χ0) is 16.9. The number of nitrogens with one attached hydrogen (secondary N) is 2. The maximum Gasteiger partial charge on any atom is 0.416 e. The Labute approximate surface area is 130 Å². The standard InChI is InChI=1S/C15H13F3N4O/c1-2-7-19-13(23)10-8-20-14(21-9-10)22-12-5-3-11(4-6-12)15(16,17)18/h2-6,8-9H,1,7H2,(H,19,23)(H,20,21,22). The van der Waals surface area contributed by atoms with E-state index in [1.54, 1.807) is 6.08 Å². The van der Waals surface area contributed by atoms with E-state index in [1.165, 1.54) is 24.5 Å². The fourth-order valence-electron chi connectivity index (χ4n) is 1.65. The van der Waals surface area contributed by atoms with Gasteiger partial charge in [0.15, 0.2) is 0 Å². The van der Waals surface area contributed by atoms with Crippen LogP contribution in [0.2, 0.25) is 0 Å². The number of hydrogen-bond donors (Lipinski definition) is 2. The van der Waals surface area contributed by atoms with Gasteiger partial charge in [0, 0.05) is 24.6 Å². The summed E-state index contributed by atoms with van der Waals surface area (Å²) in [5.74, 6) is -0.170. The second-order valence-corrected chi connectivity index (χ2v) is 4.49. The van der Waals surface area contributed by atoms with E-state index >= 15 is 0 Å². The van der Waals surface area contributed by atoms with Gasteiger partial charge < -0.3 is 10.6 Å². The molecule has 0 aliphatic heterocycles. The predicted molar refractivity (Wildman–Crippen MR) is 79.3 cm³/mol. The molecule has 0 atom stereocenters. The first-order valence-corrected chi connectivity index (χ1v) is 6.55. The lowest BCUT2D eigenvalue weighted by atomic mass is 10.2. The summed E-state index contributed by atoms with van der Waals surface area (Å²) in [5, 5.41) is 5.33. The number of rotatable bonds is 5. The highest BCUT2D eigenvalue weighted by atomic mass is 19.4. The lowest BCUT2D eigenvalue weighted by molar-refractivity contribution is -0.137. The quantitative estimate of drug-likeness (QED) is 0.830. The van der Waals surface area contributed by atoms with E-state index < -0.39 is 11.7 Å². The van der Waals surface area contributed by atoms with Gasteiger partial charge in [-0.15, -0.1) is 6.58 Å². The Balaban J connectivity index is 2.03. The lowest BCUT2D eigenvalue weighted by Crippen LogP contribution is -2.23. The number of anilines is 2. The first-order chi connectivity index (χ1) is 10.9. The molecule has 0 aliphatic carbocycles. The lowest BCUT2D eigenvalue weighted by Gasteiger charge is -2.09. The smallest absolute Gasteiger partial charge is 0.348 e. The fraction of sp³-hybridized carbons (Fsp3) is 0.133. The Morgan fingerprint density at radius 1 is 1.17 bits per heavy atom. The number of alkyl halides is 3. The average Bonchev–Trinajstić information content (AvgIpc) is 2.53. The Bertz CT molecular complexity index is 681. The SMILES string of the molecule is C=CCNC(=O)c1cnc(Nc2ccc(C(F)(F)F)cc2)nc1. The summed E-state index contributed by atoms with van der Waals surface area (Å²) < 4.78 is 37.4. The summed E-state index contributed by atoms with van der Waals surface area (Å²) in [4.78, 5) is 19.5. The van der Waals surface area contributed by atoms with Crippen molar-refractivity contribution >= 4 is 17.5 Å². The fourth-order valence-corrected chi connectivity index (χ4v) is 1.65. The van der Waals surface area contributed by atoms with Crippen LogP contribution in [0.4, 0.5) is 24.8 Å².